The minimum Gasteiger partial charge on any atom is -0.389 e. The van der Waals surface area contributed by atoms with Crippen molar-refractivity contribution in [3.63, 3.8) is 0 Å². The number of nitrogens with two attached hydrogens (primary N) is 2. The lowest BCUT2D eigenvalue weighted by Crippen LogP contribution is -2.52. The van der Waals surface area contributed by atoms with Crippen molar-refractivity contribution in [2.75, 3.05) is 19.6 Å². The van der Waals surface area contributed by atoms with Crippen LogP contribution in [0.15, 0.2) is 0 Å². The maximum atomic E-state index is 10.7. The molecule has 1 aliphatic heterocycles. The molecule has 0 spiro atoms. The molecule has 0 aliphatic carbocycles. The van der Waals surface area contributed by atoms with E-state index in [9.17, 15) is 9.90 Å². The summed E-state index contributed by atoms with van der Waals surface area (Å²) in [5.41, 5.74) is 9.95. The number of piperidine rings is 1. The smallest absolute Gasteiger partial charge is 0.235 e. The molecule has 1 amide bonds. The Labute approximate surface area is 84.0 Å². The maximum absolute atomic E-state index is 10.7. The lowest BCUT2D eigenvalue weighted by Gasteiger charge is -2.37. The van der Waals surface area contributed by atoms with E-state index < -0.39 is 17.6 Å². The average Bonchev–Trinajstić information content (AvgIpc) is 2.01. The van der Waals surface area contributed by atoms with Crippen molar-refractivity contribution >= 4 is 5.91 Å². The van der Waals surface area contributed by atoms with Gasteiger partial charge in [-0.2, -0.15) is 0 Å². The van der Waals surface area contributed by atoms with Gasteiger partial charge in [0.25, 0.3) is 0 Å². The first-order valence-corrected chi connectivity index (χ1v) is 4.90. The van der Waals surface area contributed by atoms with Crippen LogP contribution in [0.4, 0.5) is 0 Å². The van der Waals surface area contributed by atoms with Crippen LogP contribution in [0, 0.1) is 0 Å². The second-order valence-electron chi connectivity index (χ2n) is 4.34. The number of aliphatic hydroxyl groups is 1. The Kier molecular flexibility index (Phi) is 3.47. The van der Waals surface area contributed by atoms with Crippen LogP contribution in [0.3, 0.4) is 0 Å². The normalized spacial score (nSPS) is 31.4. The summed E-state index contributed by atoms with van der Waals surface area (Å²) < 4.78 is 0. The number of hydrogen-bond acceptors (Lipinski definition) is 4. The van der Waals surface area contributed by atoms with Crippen molar-refractivity contribution < 1.29 is 9.90 Å². The van der Waals surface area contributed by atoms with Gasteiger partial charge in [0.1, 0.15) is 0 Å². The molecular weight excluding hydrogens is 182 g/mol. The number of carbonyl (C=O) groups is 1. The van der Waals surface area contributed by atoms with Gasteiger partial charge in [0.2, 0.25) is 5.91 Å². The Balaban J connectivity index is 2.42. The zero-order chi connectivity index (χ0) is 10.8. The van der Waals surface area contributed by atoms with E-state index in [1.807, 2.05) is 4.90 Å². The molecule has 82 valence electrons. The van der Waals surface area contributed by atoms with Crippen LogP contribution < -0.4 is 11.5 Å². The standard InChI is InChI=1S/C9H19N3O2/c1-9(14)3-2-4-12(6-9)5-7(10)8(11)13/h7,14H,2-6,10H2,1H3,(H2,11,13). The molecule has 0 bridgehead atoms. The van der Waals surface area contributed by atoms with Crippen molar-refractivity contribution in [2.45, 2.75) is 31.4 Å². The van der Waals surface area contributed by atoms with Gasteiger partial charge < -0.3 is 16.6 Å². The van der Waals surface area contributed by atoms with Crippen molar-refractivity contribution in [3.8, 4) is 0 Å². The number of rotatable bonds is 3. The van der Waals surface area contributed by atoms with E-state index in [1.54, 1.807) is 6.92 Å². The fraction of sp³-hybridized carbons (Fsp3) is 0.889. The number of primary amides is 1. The van der Waals surface area contributed by atoms with E-state index in [-0.39, 0.29) is 0 Å². The molecule has 5 N–H and O–H groups in total. The van der Waals surface area contributed by atoms with Crippen molar-refractivity contribution in [1.29, 1.82) is 0 Å². The number of carbonyl (C=O) groups excluding carboxylic acids is 1. The van der Waals surface area contributed by atoms with E-state index in [0.29, 0.717) is 13.1 Å². The molecule has 1 fully saturated rings. The van der Waals surface area contributed by atoms with Gasteiger partial charge in [0.05, 0.1) is 11.6 Å². The number of amides is 1. The lowest BCUT2D eigenvalue weighted by atomic mass is 9.95. The molecule has 2 atom stereocenters. The van der Waals surface area contributed by atoms with Crippen molar-refractivity contribution in [3.05, 3.63) is 0 Å². The number of β-amino-alcohol motifs (C(OH)–C–C–N with tert-alkyl or cyclic N) is 1. The van der Waals surface area contributed by atoms with Crippen LogP contribution in [-0.4, -0.2) is 47.2 Å². The van der Waals surface area contributed by atoms with E-state index >= 15 is 0 Å². The molecule has 1 saturated heterocycles. The summed E-state index contributed by atoms with van der Waals surface area (Å²) in [5.74, 6) is -0.491. The van der Waals surface area contributed by atoms with E-state index in [2.05, 4.69) is 0 Å². The molecule has 14 heavy (non-hydrogen) atoms. The fourth-order valence-electron chi connectivity index (χ4n) is 1.85. The Morgan fingerprint density at radius 3 is 2.86 bits per heavy atom. The van der Waals surface area contributed by atoms with Crippen molar-refractivity contribution in [2.24, 2.45) is 11.5 Å². The highest BCUT2D eigenvalue weighted by molar-refractivity contribution is 5.79. The van der Waals surface area contributed by atoms with Gasteiger partial charge in [-0.05, 0) is 26.3 Å². The average molecular weight is 201 g/mol. The van der Waals surface area contributed by atoms with Gasteiger partial charge in [-0.15, -0.1) is 0 Å². The number of hydrogen-bond donors (Lipinski definition) is 3. The zero-order valence-corrected chi connectivity index (χ0v) is 8.57. The molecule has 0 aromatic heterocycles. The van der Waals surface area contributed by atoms with Crippen LogP contribution in [0.25, 0.3) is 0 Å². The Bertz CT molecular complexity index is 218. The highest BCUT2D eigenvalue weighted by atomic mass is 16.3. The minimum atomic E-state index is -0.657. The van der Waals surface area contributed by atoms with Gasteiger partial charge in [-0.25, -0.2) is 0 Å². The molecule has 0 saturated carbocycles. The fourth-order valence-corrected chi connectivity index (χ4v) is 1.85. The SMILES string of the molecule is CC1(O)CCCN(CC(N)C(N)=O)C1. The summed E-state index contributed by atoms with van der Waals surface area (Å²) in [6.45, 7) is 3.67. The van der Waals surface area contributed by atoms with Crippen LogP contribution >= 0.6 is 0 Å². The molecular formula is C9H19N3O2. The summed E-state index contributed by atoms with van der Waals surface area (Å²) in [6, 6.07) is -0.635. The maximum Gasteiger partial charge on any atom is 0.235 e. The second kappa shape index (κ2) is 4.25. The molecule has 5 nitrogen and oxygen atoms in total. The summed E-state index contributed by atoms with van der Waals surface area (Å²) in [7, 11) is 0. The molecule has 0 aromatic rings. The first-order valence-electron chi connectivity index (χ1n) is 4.90. The summed E-state index contributed by atoms with van der Waals surface area (Å²) in [5, 5.41) is 9.80. The van der Waals surface area contributed by atoms with E-state index in [0.717, 1.165) is 19.4 Å². The van der Waals surface area contributed by atoms with Gasteiger partial charge in [0, 0.05) is 13.1 Å². The minimum absolute atomic E-state index is 0.436. The molecule has 0 aromatic carbocycles. The topological polar surface area (TPSA) is 92.6 Å². The van der Waals surface area contributed by atoms with E-state index in [1.165, 1.54) is 0 Å². The predicted octanol–water partition coefficient (Wildman–Crippen LogP) is -1.35. The number of likely N-dealkylation sites (tertiary alicyclic amines) is 1. The summed E-state index contributed by atoms with van der Waals surface area (Å²) >= 11 is 0. The van der Waals surface area contributed by atoms with E-state index in [4.69, 9.17) is 11.5 Å². The summed E-state index contributed by atoms with van der Waals surface area (Å²) in [4.78, 5) is 12.7. The van der Waals surface area contributed by atoms with Gasteiger partial charge >= 0.3 is 0 Å². The molecule has 1 heterocycles. The zero-order valence-electron chi connectivity index (χ0n) is 8.57. The van der Waals surface area contributed by atoms with Crippen molar-refractivity contribution in [1.82, 2.24) is 4.90 Å². The first-order chi connectivity index (χ1) is 6.41. The highest BCUT2D eigenvalue weighted by Crippen LogP contribution is 2.19. The molecule has 5 heteroatoms. The monoisotopic (exact) mass is 201 g/mol. The van der Waals surface area contributed by atoms with Crippen LogP contribution in [0.2, 0.25) is 0 Å². The third-order valence-electron chi connectivity index (χ3n) is 2.57. The van der Waals surface area contributed by atoms with Crippen LogP contribution in [-0.2, 0) is 4.79 Å². The Hall–Kier alpha value is -0.650. The van der Waals surface area contributed by atoms with Gasteiger partial charge in [-0.3, -0.25) is 9.69 Å². The third kappa shape index (κ3) is 3.25. The molecule has 1 aliphatic rings. The quantitative estimate of drug-likeness (QED) is 0.526. The largest absolute Gasteiger partial charge is 0.389 e. The molecule has 1 rings (SSSR count). The predicted molar refractivity (Wildman–Crippen MR) is 53.5 cm³/mol. The highest BCUT2D eigenvalue weighted by Gasteiger charge is 2.29. The van der Waals surface area contributed by atoms with Gasteiger partial charge in [-0.1, -0.05) is 0 Å². The van der Waals surface area contributed by atoms with Gasteiger partial charge in [0.15, 0.2) is 0 Å². The number of nitrogens with zero attached hydrogens (tertiary/aromatic N) is 1. The Morgan fingerprint density at radius 1 is 1.71 bits per heavy atom. The third-order valence-corrected chi connectivity index (χ3v) is 2.57. The molecule has 0 radical (unpaired) electrons. The summed E-state index contributed by atoms with van der Waals surface area (Å²) in [6.07, 6.45) is 1.73. The lowest BCUT2D eigenvalue weighted by molar-refractivity contribution is -0.120. The molecule has 2 unspecified atom stereocenters. The second-order valence-corrected chi connectivity index (χ2v) is 4.34. The first kappa shape index (κ1) is 11.4. The van der Waals surface area contributed by atoms with Crippen LogP contribution in [0.1, 0.15) is 19.8 Å². The Morgan fingerprint density at radius 2 is 2.36 bits per heavy atom. The van der Waals surface area contributed by atoms with Crippen LogP contribution in [0.5, 0.6) is 0 Å².